The maximum Gasteiger partial charge on any atom is 0.262 e. The fourth-order valence-corrected chi connectivity index (χ4v) is 2.13. The van der Waals surface area contributed by atoms with Crippen molar-refractivity contribution in [1.82, 2.24) is 0 Å². The molecular formula is C17H17ClN2O4. The van der Waals surface area contributed by atoms with Gasteiger partial charge in [-0.05, 0) is 42.8 Å². The van der Waals surface area contributed by atoms with Crippen LogP contribution < -0.4 is 20.5 Å². The van der Waals surface area contributed by atoms with Gasteiger partial charge in [-0.3, -0.25) is 9.59 Å². The van der Waals surface area contributed by atoms with Crippen molar-refractivity contribution < 1.29 is 19.1 Å². The lowest BCUT2D eigenvalue weighted by Crippen LogP contribution is -2.20. The van der Waals surface area contributed by atoms with Crippen LogP contribution in [-0.4, -0.2) is 25.5 Å². The standard InChI is InChI=1S/C17H17ClN2O4/c1-10-7-14(15(23-2)8-13(10)18)20-16(21)9-24-12-5-3-11(4-6-12)17(19)22/h3-8H,9H2,1-2H3,(H2,19,22)(H,20,21). The Morgan fingerprint density at radius 1 is 1.21 bits per heavy atom. The van der Waals surface area contributed by atoms with Gasteiger partial charge >= 0.3 is 0 Å². The van der Waals surface area contributed by atoms with Crippen LogP contribution in [0.1, 0.15) is 15.9 Å². The average molecular weight is 349 g/mol. The summed E-state index contributed by atoms with van der Waals surface area (Å²) in [6, 6.07) is 9.56. The molecule has 7 heteroatoms. The largest absolute Gasteiger partial charge is 0.495 e. The van der Waals surface area contributed by atoms with Gasteiger partial charge in [0.05, 0.1) is 12.8 Å². The number of rotatable bonds is 6. The van der Waals surface area contributed by atoms with Crippen molar-refractivity contribution in [2.75, 3.05) is 19.0 Å². The summed E-state index contributed by atoms with van der Waals surface area (Å²) in [5, 5.41) is 3.26. The minimum Gasteiger partial charge on any atom is -0.495 e. The third-order valence-corrected chi connectivity index (χ3v) is 3.67. The minimum atomic E-state index is -0.524. The van der Waals surface area contributed by atoms with Crippen LogP contribution in [0.2, 0.25) is 5.02 Å². The molecule has 0 aliphatic carbocycles. The predicted octanol–water partition coefficient (Wildman–Crippen LogP) is 2.77. The Labute approximate surface area is 144 Å². The van der Waals surface area contributed by atoms with E-state index in [2.05, 4.69) is 5.32 Å². The maximum absolute atomic E-state index is 12.0. The molecule has 0 atom stereocenters. The molecule has 0 saturated heterocycles. The highest BCUT2D eigenvalue weighted by atomic mass is 35.5. The summed E-state index contributed by atoms with van der Waals surface area (Å²) < 4.78 is 10.6. The number of halogens is 1. The van der Waals surface area contributed by atoms with Crippen molar-refractivity contribution in [1.29, 1.82) is 0 Å². The number of nitrogens with one attached hydrogen (secondary N) is 1. The monoisotopic (exact) mass is 348 g/mol. The number of primary amides is 1. The van der Waals surface area contributed by atoms with Gasteiger partial charge in [-0.2, -0.15) is 0 Å². The van der Waals surface area contributed by atoms with E-state index in [4.69, 9.17) is 26.8 Å². The van der Waals surface area contributed by atoms with Gasteiger partial charge in [0.25, 0.3) is 5.91 Å². The van der Waals surface area contributed by atoms with Gasteiger partial charge in [0.15, 0.2) is 6.61 Å². The summed E-state index contributed by atoms with van der Waals surface area (Å²) in [6.07, 6.45) is 0. The molecule has 0 aliphatic heterocycles. The molecule has 2 rings (SSSR count). The lowest BCUT2D eigenvalue weighted by atomic mass is 10.2. The number of amides is 2. The first-order valence-electron chi connectivity index (χ1n) is 7.07. The van der Waals surface area contributed by atoms with E-state index >= 15 is 0 Å². The van der Waals surface area contributed by atoms with E-state index in [1.165, 1.54) is 19.2 Å². The van der Waals surface area contributed by atoms with Crippen LogP contribution in [0.3, 0.4) is 0 Å². The number of carbonyl (C=O) groups excluding carboxylic acids is 2. The molecule has 2 amide bonds. The average Bonchev–Trinajstić information content (AvgIpc) is 2.56. The first-order valence-corrected chi connectivity index (χ1v) is 7.45. The zero-order valence-corrected chi connectivity index (χ0v) is 14.0. The van der Waals surface area contributed by atoms with E-state index in [0.29, 0.717) is 27.8 Å². The molecule has 2 aromatic rings. The number of methoxy groups -OCH3 is 1. The number of hydrogen-bond donors (Lipinski definition) is 2. The zero-order valence-electron chi connectivity index (χ0n) is 13.3. The van der Waals surface area contributed by atoms with Gasteiger partial charge in [0.2, 0.25) is 5.91 Å². The molecule has 0 saturated carbocycles. The van der Waals surface area contributed by atoms with Crippen LogP contribution >= 0.6 is 11.6 Å². The second-order valence-electron chi connectivity index (χ2n) is 5.03. The Bertz CT molecular complexity index is 760. The van der Waals surface area contributed by atoms with Crippen LogP contribution in [0.5, 0.6) is 11.5 Å². The van der Waals surface area contributed by atoms with Crippen molar-refractivity contribution in [3.63, 3.8) is 0 Å². The Hall–Kier alpha value is -2.73. The second-order valence-corrected chi connectivity index (χ2v) is 5.43. The van der Waals surface area contributed by atoms with Crippen molar-refractivity contribution in [3.8, 4) is 11.5 Å². The Morgan fingerprint density at radius 2 is 1.88 bits per heavy atom. The van der Waals surface area contributed by atoms with Gasteiger partial charge in [0, 0.05) is 16.7 Å². The van der Waals surface area contributed by atoms with Crippen LogP contribution in [0.25, 0.3) is 0 Å². The maximum atomic E-state index is 12.0. The highest BCUT2D eigenvalue weighted by molar-refractivity contribution is 6.31. The van der Waals surface area contributed by atoms with Crippen molar-refractivity contribution >= 4 is 29.1 Å². The first kappa shape index (κ1) is 17.6. The second kappa shape index (κ2) is 7.70. The molecule has 0 unspecified atom stereocenters. The smallest absolute Gasteiger partial charge is 0.262 e. The van der Waals surface area contributed by atoms with E-state index < -0.39 is 5.91 Å². The van der Waals surface area contributed by atoms with Crippen molar-refractivity contribution in [2.45, 2.75) is 6.92 Å². The Kier molecular flexibility index (Phi) is 5.65. The summed E-state index contributed by atoms with van der Waals surface area (Å²) in [5.41, 5.74) is 6.85. The zero-order chi connectivity index (χ0) is 17.7. The highest BCUT2D eigenvalue weighted by Gasteiger charge is 2.11. The van der Waals surface area contributed by atoms with Gasteiger partial charge in [-0.15, -0.1) is 0 Å². The van der Waals surface area contributed by atoms with Crippen LogP contribution in [0.15, 0.2) is 36.4 Å². The molecule has 0 aliphatic rings. The summed E-state index contributed by atoms with van der Waals surface area (Å²) in [7, 11) is 1.49. The molecule has 0 heterocycles. The quantitative estimate of drug-likeness (QED) is 0.839. The van der Waals surface area contributed by atoms with E-state index in [9.17, 15) is 9.59 Å². The number of anilines is 1. The predicted molar refractivity (Wildman–Crippen MR) is 91.8 cm³/mol. The van der Waals surface area contributed by atoms with Crippen LogP contribution in [0.4, 0.5) is 5.69 Å². The van der Waals surface area contributed by atoms with Gasteiger partial charge in [0.1, 0.15) is 11.5 Å². The summed E-state index contributed by atoms with van der Waals surface area (Å²) in [6.45, 7) is 1.63. The van der Waals surface area contributed by atoms with E-state index in [-0.39, 0.29) is 12.5 Å². The number of benzene rings is 2. The van der Waals surface area contributed by atoms with E-state index in [0.717, 1.165) is 5.56 Å². The molecule has 3 N–H and O–H groups in total. The molecule has 0 bridgehead atoms. The molecule has 6 nitrogen and oxygen atoms in total. The first-order chi connectivity index (χ1) is 11.4. The summed E-state index contributed by atoms with van der Waals surface area (Å²) in [4.78, 5) is 23.0. The molecular weight excluding hydrogens is 332 g/mol. The Morgan fingerprint density at radius 3 is 2.46 bits per heavy atom. The number of aryl methyl sites for hydroxylation is 1. The molecule has 0 radical (unpaired) electrons. The van der Waals surface area contributed by atoms with Crippen molar-refractivity contribution in [3.05, 3.63) is 52.5 Å². The number of ether oxygens (including phenoxy) is 2. The van der Waals surface area contributed by atoms with Gasteiger partial charge < -0.3 is 20.5 Å². The number of hydrogen-bond acceptors (Lipinski definition) is 4. The minimum absolute atomic E-state index is 0.194. The fourth-order valence-electron chi connectivity index (χ4n) is 1.98. The van der Waals surface area contributed by atoms with Gasteiger partial charge in [-0.1, -0.05) is 11.6 Å². The molecule has 0 spiro atoms. The van der Waals surface area contributed by atoms with Crippen LogP contribution in [-0.2, 0) is 4.79 Å². The fraction of sp³-hybridized carbons (Fsp3) is 0.176. The third kappa shape index (κ3) is 4.39. The third-order valence-electron chi connectivity index (χ3n) is 3.26. The normalized spacial score (nSPS) is 10.1. The Balaban J connectivity index is 1.98. The van der Waals surface area contributed by atoms with E-state index in [1.807, 2.05) is 6.92 Å². The SMILES string of the molecule is COc1cc(Cl)c(C)cc1NC(=O)COc1ccc(C(N)=O)cc1. The summed E-state index contributed by atoms with van der Waals surface area (Å²) >= 11 is 6.03. The lowest BCUT2D eigenvalue weighted by Gasteiger charge is -2.12. The highest BCUT2D eigenvalue weighted by Crippen LogP contribution is 2.30. The molecule has 0 aromatic heterocycles. The van der Waals surface area contributed by atoms with Crippen LogP contribution in [0, 0.1) is 6.92 Å². The van der Waals surface area contributed by atoms with E-state index in [1.54, 1.807) is 24.3 Å². The molecule has 126 valence electrons. The topological polar surface area (TPSA) is 90.7 Å². The number of nitrogens with two attached hydrogens (primary N) is 1. The lowest BCUT2D eigenvalue weighted by molar-refractivity contribution is -0.118. The van der Waals surface area contributed by atoms with Crippen molar-refractivity contribution in [2.24, 2.45) is 5.73 Å². The molecule has 24 heavy (non-hydrogen) atoms. The summed E-state index contributed by atoms with van der Waals surface area (Å²) in [5.74, 6) is 0.0395. The molecule has 0 fully saturated rings. The number of carbonyl (C=O) groups is 2. The molecule has 2 aromatic carbocycles. The van der Waals surface area contributed by atoms with Gasteiger partial charge in [-0.25, -0.2) is 0 Å².